The quantitative estimate of drug-likeness (QED) is 0.573. The standard InChI is InChI=1S/C6H13ClO/c1-4(2)6(8)5(3)7/h4-6,8H,1-3H3. The van der Waals surface area contributed by atoms with Crippen molar-refractivity contribution in [3.63, 3.8) is 0 Å². The van der Waals surface area contributed by atoms with E-state index in [1.807, 2.05) is 13.8 Å². The number of aliphatic hydroxyl groups is 1. The molecule has 0 aliphatic rings. The Balaban J connectivity index is 3.46. The van der Waals surface area contributed by atoms with Crippen LogP contribution < -0.4 is 0 Å². The molecule has 2 atom stereocenters. The molecule has 0 bridgehead atoms. The van der Waals surface area contributed by atoms with Crippen LogP contribution in [0.5, 0.6) is 0 Å². The van der Waals surface area contributed by atoms with Crippen LogP contribution in [0.3, 0.4) is 0 Å². The zero-order valence-electron chi connectivity index (χ0n) is 5.56. The normalized spacial score (nSPS) is 18.8. The maximum Gasteiger partial charge on any atom is 0.0723 e. The highest BCUT2D eigenvalue weighted by molar-refractivity contribution is 6.20. The fourth-order valence-corrected chi connectivity index (χ4v) is 0.821. The van der Waals surface area contributed by atoms with Gasteiger partial charge in [-0.25, -0.2) is 0 Å². The van der Waals surface area contributed by atoms with E-state index in [1.165, 1.54) is 0 Å². The van der Waals surface area contributed by atoms with Crippen molar-refractivity contribution >= 4 is 11.6 Å². The lowest BCUT2D eigenvalue weighted by atomic mass is 10.1. The zero-order valence-corrected chi connectivity index (χ0v) is 6.31. The van der Waals surface area contributed by atoms with Gasteiger partial charge in [-0.2, -0.15) is 0 Å². The first-order valence-electron chi connectivity index (χ1n) is 2.88. The van der Waals surface area contributed by atoms with Crippen molar-refractivity contribution < 1.29 is 5.11 Å². The highest BCUT2D eigenvalue weighted by Crippen LogP contribution is 2.09. The second-order valence-electron chi connectivity index (χ2n) is 2.41. The Labute approximate surface area is 55.7 Å². The summed E-state index contributed by atoms with van der Waals surface area (Å²) in [5, 5.41) is 8.94. The molecular formula is C6H13ClO. The van der Waals surface area contributed by atoms with Gasteiger partial charge in [0, 0.05) is 0 Å². The molecule has 0 rings (SSSR count). The van der Waals surface area contributed by atoms with Crippen molar-refractivity contribution in [3.05, 3.63) is 0 Å². The summed E-state index contributed by atoms with van der Waals surface area (Å²) in [5.74, 6) is 0.266. The van der Waals surface area contributed by atoms with Crippen LogP contribution in [-0.4, -0.2) is 16.6 Å². The van der Waals surface area contributed by atoms with Gasteiger partial charge in [-0.05, 0) is 12.8 Å². The third-order valence-electron chi connectivity index (χ3n) is 1.15. The van der Waals surface area contributed by atoms with E-state index in [-0.39, 0.29) is 17.4 Å². The first kappa shape index (κ1) is 8.25. The van der Waals surface area contributed by atoms with Crippen molar-refractivity contribution in [3.8, 4) is 0 Å². The third-order valence-corrected chi connectivity index (χ3v) is 1.41. The molecular weight excluding hydrogens is 124 g/mol. The summed E-state index contributed by atoms with van der Waals surface area (Å²) in [5.41, 5.74) is 0. The highest BCUT2D eigenvalue weighted by atomic mass is 35.5. The van der Waals surface area contributed by atoms with E-state index in [2.05, 4.69) is 0 Å². The molecule has 1 N–H and O–H groups in total. The summed E-state index contributed by atoms with van der Waals surface area (Å²) in [7, 11) is 0. The van der Waals surface area contributed by atoms with Crippen LogP contribution in [0.2, 0.25) is 0 Å². The average Bonchev–Trinajstić information content (AvgIpc) is 1.64. The summed E-state index contributed by atoms with van der Waals surface area (Å²) in [6.07, 6.45) is -0.364. The average molecular weight is 137 g/mol. The van der Waals surface area contributed by atoms with Crippen LogP contribution in [0.1, 0.15) is 20.8 Å². The SMILES string of the molecule is CC(C)C(O)C(C)Cl. The molecule has 0 saturated heterocycles. The summed E-state index contributed by atoms with van der Waals surface area (Å²) < 4.78 is 0. The molecule has 0 aromatic carbocycles. The van der Waals surface area contributed by atoms with Crippen LogP contribution in [0.4, 0.5) is 0 Å². The smallest absolute Gasteiger partial charge is 0.0723 e. The summed E-state index contributed by atoms with van der Waals surface area (Å²) in [4.78, 5) is 0. The van der Waals surface area contributed by atoms with Gasteiger partial charge in [0.15, 0.2) is 0 Å². The minimum absolute atomic E-state index is 0.130. The number of alkyl halides is 1. The Morgan fingerprint density at radius 2 is 1.62 bits per heavy atom. The molecule has 2 heteroatoms. The van der Waals surface area contributed by atoms with Gasteiger partial charge in [-0.15, -0.1) is 11.6 Å². The van der Waals surface area contributed by atoms with E-state index in [4.69, 9.17) is 16.7 Å². The topological polar surface area (TPSA) is 20.2 Å². The van der Waals surface area contributed by atoms with Crippen LogP contribution in [0.25, 0.3) is 0 Å². The Morgan fingerprint density at radius 1 is 1.25 bits per heavy atom. The van der Waals surface area contributed by atoms with E-state index < -0.39 is 0 Å². The monoisotopic (exact) mass is 136 g/mol. The van der Waals surface area contributed by atoms with Crippen molar-refractivity contribution in [2.24, 2.45) is 5.92 Å². The number of halogens is 1. The maximum absolute atomic E-state index is 9.07. The van der Waals surface area contributed by atoms with Gasteiger partial charge in [-0.3, -0.25) is 0 Å². The Hall–Kier alpha value is 0.250. The van der Waals surface area contributed by atoms with Crippen molar-refractivity contribution in [1.29, 1.82) is 0 Å². The predicted molar refractivity (Wildman–Crippen MR) is 36.2 cm³/mol. The van der Waals surface area contributed by atoms with Crippen LogP contribution >= 0.6 is 11.6 Å². The number of aliphatic hydroxyl groups excluding tert-OH is 1. The van der Waals surface area contributed by atoms with Gasteiger partial charge in [-0.1, -0.05) is 13.8 Å². The van der Waals surface area contributed by atoms with Gasteiger partial charge in [0.05, 0.1) is 11.5 Å². The van der Waals surface area contributed by atoms with Gasteiger partial charge in [0.25, 0.3) is 0 Å². The Bertz CT molecular complexity index is 53.5. The van der Waals surface area contributed by atoms with Gasteiger partial charge < -0.3 is 5.11 Å². The van der Waals surface area contributed by atoms with Crippen molar-refractivity contribution in [1.82, 2.24) is 0 Å². The summed E-state index contributed by atoms with van der Waals surface area (Å²) in [6.45, 7) is 5.69. The van der Waals surface area contributed by atoms with E-state index in [1.54, 1.807) is 6.92 Å². The molecule has 0 fully saturated rings. The molecule has 0 radical (unpaired) electrons. The van der Waals surface area contributed by atoms with E-state index >= 15 is 0 Å². The first-order valence-corrected chi connectivity index (χ1v) is 3.31. The molecule has 0 amide bonds. The maximum atomic E-state index is 9.07. The molecule has 50 valence electrons. The molecule has 0 aromatic rings. The second-order valence-corrected chi connectivity index (χ2v) is 3.10. The lowest BCUT2D eigenvalue weighted by Gasteiger charge is -2.15. The molecule has 0 aliphatic carbocycles. The Morgan fingerprint density at radius 3 is 1.62 bits per heavy atom. The minimum Gasteiger partial charge on any atom is -0.391 e. The third kappa shape index (κ3) is 2.53. The fourth-order valence-electron chi connectivity index (χ4n) is 0.530. The van der Waals surface area contributed by atoms with E-state index in [0.717, 1.165) is 0 Å². The lowest BCUT2D eigenvalue weighted by Crippen LogP contribution is -2.23. The minimum atomic E-state index is -0.364. The Kier molecular flexibility index (Phi) is 3.41. The first-order chi connectivity index (χ1) is 3.55. The molecule has 0 aliphatic heterocycles. The van der Waals surface area contributed by atoms with E-state index in [0.29, 0.717) is 0 Å². The lowest BCUT2D eigenvalue weighted by molar-refractivity contribution is 0.125. The number of hydrogen-bond donors (Lipinski definition) is 1. The van der Waals surface area contributed by atoms with Gasteiger partial charge in [0.1, 0.15) is 0 Å². The molecule has 0 heterocycles. The zero-order chi connectivity index (χ0) is 6.73. The largest absolute Gasteiger partial charge is 0.391 e. The summed E-state index contributed by atoms with van der Waals surface area (Å²) in [6, 6.07) is 0. The highest BCUT2D eigenvalue weighted by Gasteiger charge is 2.13. The van der Waals surface area contributed by atoms with Crippen molar-refractivity contribution in [2.45, 2.75) is 32.3 Å². The van der Waals surface area contributed by atoms with Crippen LogP contribution in [0, 0.1) is 5.92 Å². The summed E-state index contributed by atoms with van der Waals surface area (Å²) >= 11 is 5.57. The second kappa shape index (κ2) is 3.31. The molecule has 8 heavy (non-hydrogen) atoms. The molecule has 2 unspecified atom stereocenters. The predicted octanol–water partition coefficient (Wildman–Crippen LogP) is 1.63. The van der Waals surface area contributed by atoms with Crippen molar-refractivity contribution in [2.75, 3.05) is 0 Å². The molecule has 1 nitrogen and oxygen atoms in total. The fraction of sp³-hybridized carbons (Fsp3) is 1.00. The van der Waals surface area contributed by atoms with Gasteiger partial charge in [0.2, 0.25) is 0 Å². The number of hydrogen-bond acceptors (Lipinski definition) is 1. The molecule has 0 spiro atoms. The number of rotatable bonds is 2. The van der Waals surface area contributed by atoms with Gasteiger partial charge >= 0.3 is 0 Å². The molecule has 0 aromatic heterocycles. The van der Waals surface area contributed by atoms with Crippen LogP contribution in [0.15, 0.2) is 0 Å². The van der Waals surface area contributed by atoms with E-state index in [9.17, 15) is 0 Å². The molecule has 0 saturated carbocycles. The van der Waals surface area contributed by atoms with Crippen LogP contribution in [-0.2, 0) is 0 Å².